The van der Waals surface area contributed by atoms with E-state index in [0.29, 0.717) is 16.5 Å². The Balaban J connectivity index is 1.98. The quantitative estimate of drug-likeness (QED) is 0.601. The SMILES string of the molecule is O=C(O)Oc1cc2cc(O)ccc2n1Cc1ccc(OC(F)(F)F)c(Cl)c1. The van der Waals surface area contributed by atoms with E-state index in [9.17, 15) is 23.1 Å². The molecule has 3 rings (SSSR count). The highest BCUT2D eigenvalue weighted by Crippen LogP contribution is 2.33. The minimum atomic E-state index is -4.87. The molecule has 142 valence electrons. The second kappa shape index (κ2) is 6.92. The van der Waals surface area contributed by atoms with Gasteiger partial charge < -0.3 is 24.3 Å². The summed E-state index contributed by atoms with van der Waals surface area (Å²) in [5, 5.41) is 18.7. The number of benzene rings is 2. The van der Waals surface area contributed by atoms with E-state index < -0.39 is 18.3 Å². The number of carbonyl (C=O) groups is 1. The molecule has 0 bridgehead atoms. The van der Waals surface area contributed by atoms with Crippen molar-refractivity contribution in [3.05, 3.63) is 53.1 Å². The summed E-state index contributed by atoms with van der Waals surface area (Å²) in [6, 6.07) is 9.53. The lowest BCUT2D eigenvalue weighted by atomic mass is 10.2. The monoisotopic (exact) mass is 401 g/mol. The molecule has 0 unspecified atom stereocenters. The van der Waals surface area contributed by atoms with Crippen molar-refractivity contribution in [3.8, 4) is 17.4 Å². The van der Waals surface area contributed by atoms with Gasteiger partial charge in [-0.25, -0.2) is 4.79 Å². The number of phenols is 1. The summed E-state index contributed by atoms with van der Waals surface area (Å²) in [5.41, 5.74) is 1.03. The summed E-state index contributed by atoms with van der Waals surface area (Å²) in [6.07, 6.45) is -6.40. The summed E-state index contributed by atoms with van der Waals surface area (Å²) in [5.74, 6) is -0.578. The maximum absolute atomic E-state index is 12.3. The zero-order chi connectivity index (χ0) is 19.8. The number of fused-ring (bicyclic) bond motifs is 1. The van der Waals surface area contributed by atoms with Gasteiger partial charge in [0, 0.05) is 11.5 Å². The molecule has 0 radical (unpaired) electrons. The third-order valence-corrected chi connectivity index (χ3v) is 3.90. The van der Waals surface area contributed by atoms with Gasteiger partial charge in [0.05, 0.1) is 17.1 Å². The van der Waals surface area contributed by atoms with Gasteiger partial charge in [-0.05, 0) is 35.9 Å². The summed E-state index contributed by atoms with van der Waals surface area (Å²) < 4.78 is 47.0. The van der Waals surface area contributed by atoms with E-state index in [1.54, 1.807) is 6.07 Å². The van der Waals surface area contributed by atoms with E-state index in [4.69, 9.17) is 21.4 Å². The van der Waals surface area contributed by atoms with Crippen LogP contribution in [-0.4, -0.2) is 27.3 Å². The van der Waals surface area contributed by atoms with Gasteiger partial charge in [-0.2, -0.15) is 0 Å². The first kappa shape index (κ1) is 18.7. The van der Waals surface area contributed by atoms with Crippen LogP contribution in [-0.2, 0) is 6.54 Å². The molecule has 1 aromatic heterocycles. The largest absolute Gasteiger partial charge is 0.573 e. The molecule has 27 heavy (non-hydrogen) atoms. The zero-order valence-electron chi connectivity index (χ0n) is 13.3. The van der Waals surface area contributed by atoms with Crippen molar-refractivity contribution in [3.63, 3.8) is 0 Å². The van der Waals surface area contributed by atoms with Crippen LogP contribution in [0.2, 0.25) is 5.02 Å². The van der Waals surface area contributed by atoms with Crippen molar-refractivity contribution in [1.29, 1.82) is 0 Å². The van der Waals surface area contributed by atoms with E-state index in [1.807, 2.05) is 0 Å². The number of rotatable bonds is 4. The average Bonchev–Trinajstić information content (AvgIpc) is 2.84. The normalized spacial score (nSPS) is 11.6. The molecule has 0 amide bonds. The van der Waals surface area contributed by atoms with Gasteiger partial charge in [0.2, 0.25) is 5.88 Å². The van der Waals surface area contributed by atoms with Crippen LogP contribution >= 0.6 is 11.6 Å². The number of hydrogen-bond acceptors (Lipinski definition) is 4. The molecule has 0 saturated carbocycles. The highest BCUT2D eigenvalue weighted by molar-refractivity contribution is 6.32. The fourth-order valence-corrected chi connectivity index (χ4v) is 2.84. The maximum Gasteiger partial charge on any atom is 0.573 e. The molecule has 0 saturated heterocycles. The number of aromatic nitrogens is 1. The predicted molar refractivity (Wildman–Crippen MR) is 89.5 cm³/mol. The number of alkyl halides is 3. The minimum absolute atomic E-state index is 0.0155. The molecule has 0 aliphatic rings. The summed E-state index contributed by atoms with van der Waals surface area (Å²) >= 11 is 5.85. The lowest BCUT2D eigenvalue weighted by molar-refractivity contribution is -0.274. The van der Waals surface area contributed by atoms with Gasteiger partial charge in [-0.3, -0.25) is 0 Å². The molecule has 0 spiro atoms. The molecule has 0 atom stereocenters. The van der Waals surface area contributed by atoms with Crippen molar-refractivity contribution in [2.24, 2.45) is 0 Å². The van der Waals surface area contributed by atoms with Crippen LogP contribution in [0.4, 0.5) is 18.0 Å². The summed E-state index contributed by atoms with van der Waals surface area (Å²) in [7, 11) is 0. The maximum atomic E-state index is 12.3. The van der Waals surface area contributed by atoms with Crippen LogP contribution in [0.15, 0.2) is 42.5 Å². The summed E-state index contributed by atoms with van der Waals surface area (Å²) in [6.45, 7) is 0.0584. The van der Waals surface area contributed by atoms with E-state index in [2.05, 4.69) is 4.74 Å². The van der Waals surface area contributed by atoms with Crippen LogP contribution in [0.3, 0.4) is 0 Å². The Hall–Kier alpha value is -3.07. The molecule has 0 fully saturated rings. The molecule has 0 aliphatic carbocycles. The van der Waals surface area contributed by atoms with Gasteiger partial charge >= 0.3 is 12.5 Å². The fraction of sp³-hybridized carbons (Fsp3) is 0.118. The van der Waals surface area contributed by atoms with Crippen molar-refractivity contribution >= 4 is 28.7 Å². The Morgan fingerprint density at radius 1 is 1.15 bits per heavy atom. The van der Waals surface area contributed by atoms with Gasteiger partial charge in [-0.1, -0.05) is 17.7 Å². The van der Waals surface area contributed by atoms with Crippen LogP contribution in [0.1, 0.15) is 5.56 Å². The fourth-order valence-electron chi connectivity index (χ4n) is 2.60. The highest BCUT2D eigenvalue weighted by atomic mass is 35.5. The van der Waals surface area contributed by atoms with Gasteiger partial charge in [0.1, 0.15) is 11.5 Å². The van der Waals surface area contributed by atoms with Crippen molar-refractivity contribution in [1.82, 2.24) is 4.57 Å². The number of ether oxygens (including phenoxy) is 2. The third-order valence-electron chi connectivity index (χ3n) is 3.60. The van der Waals surface area contributed by atoms with Crippen molar-refractivity contribution < 1.29 is 37.7 Å². The molecule has 6 nitrogen and oxygen atoms in total. The van der Waals surface area contributed by atoms with Crippen LogP contribution in [0.25, 0.3) is 10.9 Å². The number of nitrogens with zero attached hydrogens (tertiary/aromatic N) is 1. The first-order valence-electron chi connectivity index (χ1n) is 7.39. The van der Waals surface area contributed by atoms with Gasteiger partial charge in [-0.15, -0.1) is 13.2 Å². The third kappa shape index (κ3) is 4.37. The highest BCUT2D eigenvalue weighted by Gasteiger charge is 2.32. The standard InChI is InChI=1S/C17H11ClF3NO5/c18-12-5-9(1-4-14(12)27-17(19,20)21)8-22-13-3-2-11(23)6-10(13)7-15(22)26-16(24)25/h1-7,23H,8H2,(H,24,25). The number of hydrogen-bond donors (Lipinski definition) is 2. The van der Waals surface area contributed by atoms with Crippen molar-refractivity contribution in [2.75, 3.05) is 0 Å². The second-order valence-electron chi connectivity index (χ2n) is 5.49. The van der Waals surface area contributed by atoms with Gasteiger partial charge in [0.25, 0.3) is 0 Å². The summed E-state index contributed by atoms with van der Waals surface area (Å²) in [4.78, 5) is 10.9. The average molecular weight is 402 g/mol. The Kier molecular flexibility index (Phi) is 4.79. The van der Waals surface area contributed by atoms with E-state index in [1.165, 1.54) is 34.9 Å². The van der Waals surface area contributed by atoms with E-state index in [0.717, 1.165) is 6.07 Å². The van der Waals surface area contributed by atoms with Crippen LogP contribution in [0.5, 0.6) is 17.4 Å². The Bertz CT molecular complexity index is 1020. The molecule has 1 heterocycles. The lowest BCUT2D eigenvalue weighted by Crippen LogP contribution is -2.17. The topological polar surface area (TPSA) is 80.9 Å². The Morgan fingerprint density at radius 2 is 1.89 bits per heavy atom. The van der Waals surface area contributed by atoms with Gasteiger partial charge in [0.15, 0.2) is 0 Å². The molecule has 2 N–H and O–H groups in total. The van der Waals surface area contributed by atoms with Crippen LogP contribution < -0.4 is 9.47 Å². The van der Waals surface area contributed by atoms with Crippen LogP contribution in [0, 0.1) is 0 Å². The number of phenolic OH excluding ortho intramolecular Hbond substituents is 1. The lowest BCUT2D eigenvalue weighted by Gasteiger charge is -2.13. The molecule has 3 aromatic rings. The zero-order valence-corrected chi connectivity index (χ0v) is 14.1. The molecular weight excluding hydrogens is 391 g/mol. The first-order valence-corrected chi connectivity index (χ1v) is 7.77. The van der Waals surface area contributed by atoms with E-state index >= 15 is 0 Å². The molecule has 2 aromatic carbocycles. The minimum Gasteiger partial charge on any atom is -0.508 e. The number of aromatic hydroxyl groups is 1. The molecule has 0 aliphatic heterocycles. The smallest absolute Gasteiger partial charge is 0.508 e. The second-order valence-corrected chi connectivity index (χ2v) is 5.90. The van der Waals surface area contributed by atoms with Crippen molar-refractivity contribution in [2.45, 2.75) is 12.9 Å². The molecular formula is C17H11ClF3NO5. The first-order chi connectivity index (χ1) is 12.6. The molecule has 10 heteroatoms. The number of carboxylic acid groups (broad SMARTS) is 1. The number of halogens is 4. The Labute approximate surface area is 154 Å². The Morgan fingerprint density at radius 3 is 2.52 bits per heavy atom. The van der Waals surface area contributed by atoms with E-state index in [-0.39, 0.29) is 23.2 Å². The predicted octanol–water partition coefficient (Wildman–Crippen LogP) is 5.00.